The summed E-state index contributed by atoms with van der Waals surface area (Å²) < 4.78 is 27.8. The van der Waals surface area contributed by atoms with E-state index in [1.54, 1.807) is 19.9 Å². The summed E-state index contributed by atoms with van der Waals surface area (Å²) in [6, 6.07) is 1.15. The zero-order valence-corrected chi connectivity index (χ0v) is 37.4. The van der Waals surface area contributed by atoms with Gasteiger partial charge < -0.3 is 57.2 Å². The summed E-state index contributed by atoms with van der Waals surface area (Å²) >= 11 is 0. The minimum absolute atomic E-state index is 0.0345. The number of imide groups is 1. The first-order valence-electron chi connectivity index (χ1n) is 22.2. The number of rotatable bonds is 17. The molecule has 0 unspecified atom stereocenters. The number of nitrogens with one attached hydrogen (secondary N) is 5. The van der Waals surface area contributed by atoms with Gasteiger partial charge in [-0.2, -0.15) is 0 Å². The van der Waals surface area contributed by atoms with Gasteiger partial charge in [-0.1, -0.05) is 6.92 Å². The first-order valence-corrected chi connectivity index (χ1v) is 22.2. The summed E-state index contributed by atoms with van der Waals surface area (Å²) in [5.74, 6) is -6.05. The van der Waals surface area contributed by atoms with Gasteiger partial charge in [0, 0.05) is 59.5 Å². The lowest BCUT2D eigenvalue weighted by atomic mass is 9.81. The summed E-state index contributed by atoms with van der Waals surface area (Å²) in [5, 5.41) is 24.5. The molecule has 5 aliphatic rings. The van der Waals surface area contributed by atoms with Crippen molar-refractivity contribution >= 4 is 58.2 Å². The number of ether oxygens (including phenoxy) is 2. The largest absolute Gasteiger partial charge is 0.458 e. The third kappa shape index (κ3) is 8.84. The van der Waals surface area contributed by atoms with Crippen molar-refractivity contribution in [3.63, 3.8) is 0 Å². The van der Waals surface area contributed by atoms with Gasteiger partial charge in [-0.05, 0) is 68.7 Å². The van der Waals surface area contributed by atoms with Crippen LogP contribution < -0.4 is 43.6 Å². The zero-order valence-electron chi connectivity index (χ0n) is 37.4. The number of amides is 7. The molecule has 2 aromatic heterocycles. The van der Waals surface area contributed by atoms with Crippen LogP contribution in [0.4, 0.5) is 4.39 Å². The van der Waals surface area contributed by atoms with Crippen molar-refractivity contribution in [1.82, 2.24) is 41.0 Å². The summed E-state index contributed by atoms with van der Waals surface area (Å²) in [5.41, 5.74) is 12.6. The van der Waals surface area contributed by atoms with E-state index in [2.05, 4.69) is 26.6 Å². The molecule has 0 spiro atoms. The van der Waals surface area contributed by atoms with E-state index in [4.69, 9.17) is 25.9 Å². The van der Waals surface area contributed by atoms with E-state index in [0.29, 0.717) is 59.1 Å². The maximum atomic E-state index is 15.4. The molecular formula is C45H51FN10O12. The number of pyridine rings is 2. The fraction of sp³-hybridized carbons (Fsp3) is 0.467. The van der Waals surface area contributed by atoms with Crippen molar-refractivity contribution in [2.24, 2.45) is 16.9 Å². The van der Waals surface area contributed by atoms with E-state index in [1.807, 2.05) is 0 Å². The van der Waals surface area contributed by atoms with Gasteiger partial charge in [-0.15, -0.1) is 0 Å². The maximum Gasteiger partial charge on any atom is 0.343 e. The van der Waals surface area contributed by atoms with Crippen LogP contribution in [-0.4, -0.2) is 105 Å². The number of esters is 1. The molecule has 10 N–H and O–H groups in total. The molecule has 8 rings (SSSR count). The van der Waals surface area contributed by atoms with Gasteiger partial charge in [-0.25, -0.2) is 14.2 Å². The quantitative estimate of drug-likeness (QED) is 0.0259. The van der Waals surface area contributed by atoms with E-state index < -0.39 is 88.2 Å². The van der Waals surface area contributed by atoms with Crippen LogP contribution in [0.15, 0.2) is 29.1 Å². The number of carbonyl (C=O) groups excluding carboxylic acids is 8. The summed E-state index contributed by atoms with van der Waals surface area (Å²) in [7, 11) is 0. The number of benzene rings is 1. The summed E-state index contributed by atoms with van der Waals surface area (Å²) in [4.78, 5) is 120. The molecule has 2 aliphatic carbocycles. The van der Waals surface area contributed by atoms with Crippen molar-refractivity contribution in [2.75, 3.05) is 19.9 Å². The monoisotopic (exact) mass is 942 g/mol. The number of carbonyl (C=O) groups is 8. The standard InChI is InChI=1S/C45H51FN10O12/c1-4-45(66)25-13-29-36-23(16-56(29)42(64)24(25)17-68-43(45)65)35-27(6-5-22-20(2)26(46)14-28(52-36)34(22)35)51-31(58)15-44(10-11-44)18-67-19-49-40(62)37(47)54-39(61)21(3)50-41(63)38(48)53-30(57)9-12-55-32(59)7-8-33(55)60/h7-8,13-14,21,27,37-38,66H,4-6,9-12,15-19,47-48H2,1-3H3,(H,49,62)(H,50,63)(H,51,58)(H,53,57)(H,54,61)/t21-,27-,37+,38+,45-/m0/s1. The number of aromatic nitrogens is 2. The Kier molecular flexibility index (Phi) is 12.8. The van der Waals surface area contributed by atoms with E-state index in [1.165, 1.54) is 17.6 Å². The van der Waals surface area contributed by atoms with Gasteiger partial charge >= 0.3 is 5.97 Å². The van der Waals surface area contributed by atoms with Crippen LogP contribution >= 0.6 is 0 Å². The average molecular weight is 943 g/mol. The molecule has 5 heterocycles. The zero-order chi connectivity index (χ0) is 49.0. The molecule has 0 bridgehead atoms. The van der Waals surface area contributed by atoms with Crippen LogP contribution in [0.1, 0.15) is 91.8 Å². The number of halogens is 1. The van der Waals surface area contributed by atoms with Crippen LogP contribution in [0, 0.1) is 18.2 Å². The Bertz CT molecular complexity index is 2790. The van der Waals surface area contributed by atoms with Crippen LogP contribution in [0.5, 0.6) is 0 Å². The van der Waals surface area contributed by atoms with Crippen molar-refractivity contribution in [3.05, 3.63) is 73.8 Å². The topological polar surface area (TPSA) is 326 Å². The van der Waals surface area contributed by atoms with Crippen molar-refractivity contribution in [2.45, 2.75) is 109 Å². The number of hydrogen-bond acceptors (Lipinski definition) is 15. The fourth-order valence-electron chi connectivity index (χ4n) is 9.22. The highest BCUT2D eigenvalue weighted by atomic mass is 19.1. The second-order valence-corrected chi connectivity index (χ2v) is 17.9. The number of nitrogens with zero attached hydrogens (tertiary/aromatic N) is 3. The molecule has 1 fully saturated rings. The molecule has 5 atom stereocenters. The molecule has 3 aliphatic heterocycles. The van der Waals surface area contributed by atoms with E-state index >= 15 is 4.39 Å². The van der Waals surface area contributed by atoms with Crippen molar-refractivity contribution in [1.29, 1.82) is 0 Å². The van der Waals surface area contributed by atoms with Crippen molar-refractivity contribution in [3.8, 4) is 11.4 Å². The molecule has 0 radical (unpaired) electrons. The Hall–Kier alpha value is -6.95. The SMILES string of the molecule is CC[C@@]1(O)C(=O)OCc2c1cc1n(c2=O)Cc2c-1nc1cc(F)c(C)c3c1c2[C@@H](NC(=O)CC1(COCNC(=O)[C@H](N)NC(=O)[C@H](C)NC(=O)[C@H](N)NC(=O)CCN2C(=O)C=CC2=O)CC1)CC3. The average Bonchev–Trinajstić information content (AvgIpc) is 3.84. The lowest BCUT2D eigenvalue weighted by Gasteiger charge is -2.31. The molecule has 3 aromatic rings. The number of aliphatic hydroxyl groups is 1. The van der Waals surface area contributed by atoms with Gasteiger partial charge in [0.15, 0.2) is 17.9 Å². The molecule has 22 nitrogen and oxygen atoms in total. The van der Waals surface area contributed by atoms with Crippen molar-refractivity contribution < 1.29 is 57.3 Å². The number of fused-ring (bicyclic) bond motifs is 5. The highest BCUT2D eigenvalue weighted by Crippen LogP contribution is 2.50. The Morgan fingerprint density at radius 1 is 0.971 bits per heavy atom. The molecule has 7 amide bonds. The molecule has 1 aromatic carbocycles. The van der Waals surface area contributed by atoms with Crippen LogP contribution in [0.2, 0.25) is 0 Å². The number of cyclic esters (lactones) is 1. The Labute approximate surface area is 386 Å². The highest BCUT2D eigenvalue weighted by Gasteiger charge is 2.47. The normalized spacial score (nSPS) is 20.7. The highest BCUT2D eigenvalue weighted by molar-refractivity contribution is 6.13. The van der Waals surface area contributed by atoms with Crippen LogP contribution in [0.25, 0.3) is 22.3 Å². The molecule has 23 heteroatoms. The second kappa shape index (κ2) is 18.3. The predicted molar refractivity (Wildman–Crippen MR) is 234 cm³/mol. The minimum Gasteiger partial charge on any atom is -0.458 e. The minimum atomic E-state index is -2.03. The predicted octanol–water partition coefficient (Wildman–Crippen LogP) is -1.49. The van der Waals surface area contributed by atoms with Gasteiger partial charge in [0.1, 0.15) is 25.2 Å². The van der Waals surface area contributed by atoms with E-state index in [9.17, 15) is 48.3 Å². The maximum absolute atomic E-state index is 15.4. The fourth-order valence-corrected chi connectivity index (χ4v) is 9.22. The number of hydrogen-bond donors (Lipinski definition) is 8. The second-order valence-electron chi connectivity index (χ2n) is 17.9. The van der Waals surface area contributed by atoms with Gasteiger partial charge in [0.25, 0.3) is 29.2 Å². The Morgan fingerprint density at radius 2 is 1.68 bits per heavy atom. The third-order valence-electron chi connectivity index (χ3n) is 13.4. The molecule has 360 valence electrons. The molecule has 0 saturated heterocycles. The summed E-state index contributed by atoms with van der Waals surface area (Å²) in [6.45, 7) is 3.96. The van der Waals surface area contributed by atoms with Crippen LogP contribution in [-0.2, 0) is 73.0 Å². The first kappa shape index (κ1) is 47.5. The molecule has 68 heavy (non-hydrogen) atoms. The van der Waals surface area contributed by atoms with E-state index in [0.717, 1.165) is 28.2 Å². The lowest BCUT2D eigenvalue weighted by molar-refractivity contribution is -0.172. The van der Waals surface area contributed by atoms with Crippen LogP contribution in [0.3, 0.4) is 0 Å². The number of nitrogens with two attached hydrogens (primary N) is 2. The Balaban J connectivity index is 0.841. The van der Waals surface area contributed by atoms with Gasteiger partial charge in [0.2, 0.25) is 17.7 Å². The van der Waals surface area contributed by atoms with Gasteiger partial charge in [0.05, 0.1) is 41.7 Å². The third-order valence-corrected chi connectivity index (χ3v) is 13.4. The lowest BCUT2D eigenvalue weighted by Crippen LogP contribution is -2.59. The first-order chi connectivity index (χ1) is 32.2. The van der Waals surface area contributed by atoms with Gasteiger partial charge in [-0.3, -0.25) is 43.3 Å². The summed E-state index contributed by atoms with van der Waals surface area (Å²) in [6.07, 6.45) is 0.950. The smallest absolute Gasteiger partial charge is 0.343 e. The number of aryl methyl sites for hydroxylation is 1. The molecule has 1 saturated carbocycles. The van der Waals surface area contributed by atoms with E-state index in [-0.39, 0.29) is 69.3 Å². The molecular weight excluding hydrogens is 892 g/mol. The Morgan fingerprint density at radius 3 is 2.37 bits per heavy atom.